The molecule has 0 aliphatic carbocycles. The van der Waals surface area contributed by atoms with Crippen LogP contribution in [0.25, 0.3) is 11.0 Å². The van der Waals surface area contributed by atoms with Crippen molar-refractivity contribution in [3.05, 3.63) is 29.0 Å². The zero-order valence-electron chi connectivity index (χ0n) is 9.99. The second kappa shape index (κ2) is 4.31. The Hall–Kier alpha value is -1.06. The van der Waals surface area contributed by atoms with Crippen LogP contribution in [0.1, 0.15) is 12.2 Å². The molecular weight excluding hydrogens is 234 g/mol. The first-order chi connectivity index (χ1) is 8.24. The van der Waals surface area contributed by atoms with Gasteiger partial charge in [0.15, 0.2) is 0 Å². The van der Waals surface area contributed by atoms with Crippen LogP contribution in [0.2, 0.25) is 5.02 Å². The summed E-state index contributed by atoms with van der Waals surface area (Å²) in [7, 11) is 2.18. The van der Waals surface area contributed by atoms with E-state index in [1.165, 1.54) is 17.8 Å². The highest BCUT2D eigenvalue weighted by Crippen LogP contribution is 2.22. The molecule has 1 aliphatic heterocycles. The predicted octanol–water partition coefficient (Wildman–Crippen LogP) is 2.57. The molecule has 3 nitrogen and oxygen atoms in total. The van der Waals surface area contributed by atoms with E-state index < -0.39 is 0 Å². The first-order valence-corrected chi connectivity index (χ1v) is 6.45. The van der Waals surface area contributed by atoms with E-state index in [-0.39, 0.29) is 0 Å². The summed E-state index contributed by atoms with van der Waals surface area (Å²) in [5.41, 5.74) is 2.24. The summed E-state index contributed by atoms with van der Waals surface area (Å²) in [5.74, 6) is 1.19. The van der Waals surface area contributed by atoms with Crippen LogP contribution in [0.5, 0.6) is 0 Å². The van der Waals surface area contributed by atoms with Gasteiger partial charge in [-0.05, 0) is 38.2 Å². The van der Waals surface area contributed by atoms with E-state index >= 15 is 0 Å². The van der Waals surface area contributed by atoms with Gasteiger partial charge >= 0.3 is 0 Å². The van der Waals surface area contributed by atoms with E-state index in [1.54, 1.807) is 0 Å². The van der Waals surface area contributed by atoms with Gasteiger partial charge in [-0.2, -0.15) is 0 Å². The molecule has 0 radical (unpaired) electrons. The Labute approximate surface area is 106 Å². The van der Waals surface area contributed by atoms with Gasteiger partial charge in [-0.1, -0.05) is 11.6 Å². The van der Waals surface area contributed by atoms with Gasteiger partial charge < -0.3 is 9.47 Å². The molecule has 0 bridgehead atoms. The average molecular weight is 250 g/mol. The van der Waals surface area contributed by atoms with Crippen LogP contribution in [0.3, 0.4) is 0 Å². The van der Waals surface area contributed by atoms with Gasteiger partial charge in [-0.3, -0.25) is 0 Å². The quantitative estimate of drug-likeness (QED) is 0.716. The first-order valence-electron chi connectivity index (χ1n) is 6.07. The maximum absolute atomic E-state index is 6.01. The van der Waals surface area contributed by atoms with Crippen LogP contribution in [0.4, 0.5) is 0 Å². The smallest absolute Gasteiger partial charge is 0.111 e. The van der Waals surface area contributed by atoms with Crippen molar-refractivity contribution in [3.63, 3.8) is 0 Å². The Kier molecular flexibility index (Phi) is 2.81. The molecule has 2 heterocycles. The van der Waals surface area contributed by atoms with Gasteiger partial charge in [0.1, 0.15) is 5.82 Å². The van der Waals surface area contributed by atoms with Crippen LogP contribution >= 0.6 is 11.6 Å². The lowest BCUT2D eigenvalue weighted by Gasteiger charge is -2.20. The van der Waals surface area contributed by atoms with Gasteiger partial charge in [0.2, 0.25) is 0 Å². The number of aromatic nitrogens is 2. The highest BCUT2D eigenvalue weighted by molar-refractivity contribution is 6.31. The van der Waals surface area contributed by atoms with Crippen LogP contribution in [-0.4, -0.2) is 34.6 Å². The molecule has 0 amide bonds. The number of likely N-dealkylation sites (N-methyl/N-ethyl adjacent to an activating group) is 1. The molecule has 4 heteroatoms. The third-order valence-corrected chi connectivity index (χ3v) is 3.66. The summed E-state index contributed by atoms with van der Waals surface area (Å²) in [6.45, 7) is 3.29. The lowest BCUT2D eigenvalue weighted by atomic mass is 10.2. The number of rotatable bonds is 0. The number of imidazole rings is 1. The molecule has 1 aromatic carbocycles. The molecule has 0 saturated heterocycles. The Morgan fingerprint density at radius 3 is 3.00 bits per heavy atom. The third-order valence-electron chi connectivity index (χ3n) is 3.43. The van der Waals surface area contributed by atoms with Crippen molar-refractivity contribution in [2.75, 3.05) is 20.1 Å². The number of fused-ring (bicyclic) bond motifs is 3. The monoisotopic (exact) mass is 249 g/mol. The molecule has 1 aromatic heterocycles. The lowest BCUT2D eigenvalue weighted by molar-refractivity contribution is 0.308. The number of halogens is 1. The van der Waals surface area contributed by atoms with E-state index in [1.807, 2.05) is 12.1 Å². The zero-order valence-corrected chi connectivity index (χ0v) is 10.7. The van der Waals surface area contributed by atoms with Gasteiger partial charge in [0.05, 0.1) is 11.0 Å². The minimum atomic E-state index is 0.765. The van der Waals surface area contributed by atoms with Gasteiger partial charge in [0, 0.05) is 24.5 Å². The van der Waals surface area contributed by atoms with Crippen molar-refractivity contribution in [1.29, 1.82) is 0 Å². The molecule has 0 spiro atoms. The summed E-state index contributed by atoms with van der Waals surface area (Å²) in [6, 6.07) is 5.99. The number of aryl methyl sites for hydroxylation is 1. The Morgan fingerprint density at radius 2 is 2.12 bits per heavy atom. The van der Waals surface area contributed by atoms with E-state index in [9.17, 15) is 0 Å². The Bertz CT molecular complexity index is 547. The highest BCUT2D eigenvalue weighted by atomic mass is 35.5. The molecule has 90 valence electrons. The van der Waals surface area contributed by atoms with Crippen molar-refractivity contribution >= 4 is 22.6 Å². The summed E-state index contributed by atoms with van der Waals surface area (Å²) < 4.78 is 2.35. The molecule has 0 atom stereocenters. The van der Waals surface area contributed by atoms with E-state index in [2.05, 4.69) is 22.6 Å². The second-order valence-electron chi connectivity index (χ2n) is 4.72. The van der Waals surface area contributed by atoms with E-state index in [4.69, 9.17) is 16.6 Å². The third kappa shape index (κ3) is 2.05. The molecule has 0 saturated carbocycles. The van der Waals surface area contributed by atoms with Crippen LogP contribution < -0.4 is 0 Å². The summed E-state index contributed by atoms with van der Waals surface area (Å²) >= 11 is 6.01. The number of benzene rings is 1. The Morgan fingerprint density at radius 1 is 1.24 bits per heavy atom. The molecule has 1 aliphatic rings. The normalized spacial score (nSPS) is 17.8. The number of hydrogen-bond acceptors (Lipinski definition) is 2. The standard InChI is InChI=1S/C13H16ClN3/c1-16-6-2-7-17-12-4-3-10(14)9-11(12)15-13(17)5-8-16/h3-4,9H,2,5-8H2,1H3. The summed E-state index contributed by atoms with van der Waals surface area (Å²) in [6.07, 6.45) is 2.19. The van der Waals surface area contributed by atoms with Crippen molar-refractivity contribution < 1.29 is 0 Å². The first kappa shape index (κ1) is 11.1. The van der Waals surface area contributed by atoms with Gasteiger partial charge in [0.25, 0.3) is 0 Å². The van der Waals surface area contributed by atoms with Crippen molar-refractivity contribution in [2.45, 2.75) is 19.4 Å². The van der Waals surface area contributed by atoms with E-state index in [0.29, 0.717) is 0 Å². The molecular formula is C13H16ClN3. The molecule has 2 aromatic rings. The SMILES string of the molecule is CN1CCCn2c(nc3cc(Cl)ccc32)CC1. The topological polar surface area (TPSA) is 21.1 Å². The number of hydrogen-bond donors (Lipinski definition) is 0. The van der Waals surface area contributed by atoms with Gasteiger partial charge in [-0.15, -0.1) is 0 Å². The Balaban J connectivity index is 2.09. The van der Waals surface area contributed by atoms with Gasteiger partial charge in [-0.25, -0.2) is 4.98 Å². The molecule has 0 unspecified atom stereocenters. The highest BCUT2D eigenvalue weighted by Gasteiger charge is 2.14. The fourth-order valence-electron chi connectivity index (χ4n) is 2.49. The molecule has 0 fully saturated rings. The van der Waals surface area contributed by atoms with Crippen molar-refractivity contribution in [1.82, 2.24) is 14.5 Å². The average Bonchev–Trinajstić information content (AvgIpc) is 2.61. The molecule has 17 heavy (non-hydrogen) atoms. The summed E-state index contributed by atoms with van der Waals surface area (Å²) in [5, 5.41) is 0.765. The van der Waals surface area contributed by atoms with Crippen molar-refractivity contribution in [2.24, 2.45) is 0 Å². The maximum atomic E-state index is 6.01. The fourth-order valence-corrected chi connectivity index (χ4v) is 2.66. The minimum absolute atomic E-state index is 0.765. The van der Waals surface area contributed by atoms with Crippen LogP contribution in [0.15, 0.2) is 18.2 Å². The maximum Gasteiger partial charge on any atom is 0.111 e. The van der Waals surface area contributed by atoms with Crippen LogP contribution in [0, 0.1) is 0 Å². The number of nitrogens with zero attached hydrogens (tertiary/aromatic N) is 3. The zero-order chi connectivity index (χ0) is 11.8. The predicted molar refractivity (Wildman–Crippen MR) is 70.6 cm³/mol. The minimum Gasteiger partial charge on any atom is -0.328 e. The molecule has 0 N–H and O–H groups in total. The second-order valence-corrected chi connectivity index (χ2v) is 5.16. The largest absolute Gasteiger partial charge is 0.328 e. The fraction of sp³-hybridized carbons (Fsp3) is 0.462. The lowest BCUT2D eigenvalue weighted by Crippen LogP contribution is -2.27. The van der Waals surface area contributed by atoms with Crippen molar-refractivity contribution in [3.8, 4) is 0 Å². The van der Waals surface area contributed by atoms with E-state index in [0.717, 1.165) is 36.6 Å². The molecule has 3 rings (SSSR count). The van der Waals surface area contributed by atoms with Crippen LogP contribution in [-0.2, 0) is 13.0 Å². The summed E-state index contributed by atoms with van der Waals surface area (Å²) in [4.78, 5) is 7.07.